The smallest absolute Gasteiger partial charge is 0.149 e. The molecule has 2 aromatic carbocycles. The van der Waals surface area contributed by atoms with E-state index in [-0.39, 0.29) is 17.5 Å². The minimum atomic E-state index is -0.591. The first-order chi connectivity index (χ1) is 9.15. The molecule has 0 spiro atoms. The molecule has 1 unspecified atom stereocenters. The van der Waals surface area contributed by atoms with E-state index in [1.54, 1.807) is 18.2 Å². The fraction of sp³-hybridized carbons (Fsp3) is 0.200. The number of aromatic hydroxyl groups is 1. The molecule has 4 heteroatoms. The topological polar surface area (TPSA) is 32.3 Å². The Bertz CT molecular complexity index is 607. The molecule has 0 radical (unpaired) electrons. The summed E-state index contributed by atoms with van der Waals surface area (Å²) in [6, 6.07) is 8.79. The van der Waals surface area contributed by atoms with E-state index in [0.717, 1.165) is 24.0 Å². The Hall–Kier alpha value is -2.10. The van der Waals surface area contributed by atoms with E-state index in [2.05, 4.69) is 5.32 Å². The van der Waals surface area contributed by atoms with Crippen LogP contribution >= 0.6 is 0 Å². The van der Waals surface area contributed by atoms with Crippen LogP contribution in [0.4, 0.5) is 14.5 Å². The number of fused-ring (bicyclic) bond motifs is 1. The average molecular weight is 261 g/mol. The lowest BCUT2D eigenvalue weighted by molar-refractivity contribution is 0.474. The largest absolute Gasteiger partial charge is 0.508 e. The second-order valence-corrected chi connectivity index (χ2v) is 4.72. The van der Waals surface area contributed by atoms with Crippen LogP contribution in [-0.4, -0.2) is 5.11 Å². The number of benzene rings is 2. The van der Waals surface area contributed by atoms with Gasteiger partial charge in [-0.3, -0.25) is 0 Å². The van der Waals surface area contributed by atoms with E-state index < -0.39 is 11.6 Å². The lowest BCUT2D eigenvalue weighted by atomic mass is 10.1. The zero-order chi connectivity index (χ0) is 13.4. The van der Waals surface area contributed by atoms with E-state index in [4.69, 9.17) is 0 Å². The van der Waals surface area contributed by atoms with Gasteiger partial charge in [-0.05, 0) is 48.2 Å². The van der Waals surface area contributed by atoms with Crippen molar-refractivity contribution in [3.8, 4) is 5.75 Å². The fourth-order valence-electron chi connectivity index (χ4n) is 2.56. The minimum absolute atomic E-state index is 0.0894. The van der Waals surface area contributed by atoms with Gasteiger partial charge in [0.2, 0.25) is 0 Å². The molecule has 2 nitrogen and oxygen atoms in total. The molecule has 1 aliphatic carbocycles. The van der Waals surface area contributed by atoms with Gasteiger partial charge in [0, 0.05) is 0 Å². The summed E-state index contributed by atoms with van der Waals surface area (Å²) < 4.78 is 27.2. The number of halogens is 2. The number of aryl methyl sites for hydroxylation is 1. The van der Waals surface area contributed by atoms with Gasteiger partial charge >= 0.3 is 0 Å². The van der Waals surface area contributed by atoms with Gasteiger partial charge in [-0.15, -0.1) is 0 Å². The first kappa shape index (κ1) is 12.0. The third-order valence-electron chi connectivity index (χ3n) is 3.49. The lowest BCUT2D eigenvalue weighted by Crippen LogP contribution is -2.10. The van der Waals surface area contributed by atoms with Crippen molar-refractivity contribution >= 4 is 5.69 Å². The minimum Gasteiger partial charge on any atom is -0.508 e. The average Bonchev–Trinajstić information content (AvgIpc) is 2.76. The molecule has 0 heterocycles. The normalized spacial score (nSPS) is 17.3. The Labute approximate surface area is 109 Å². The van der Waals surface area contributed by atoms with Gasteiger partial charge in [-0.25, -0.2) is 8.78 Å². The van der Waals surface area contributed by atoms with Crippen molar-refractivity contribution in [2.75, 3.05) is 5.32 Å². The summed E-state index contributed by atoms with van der Waals surface area (Å²) in [6.07, 6.45) is 1.55. The molecule has 1 atom stereocenters. The van der Waals surface area contributed by atoms with Crippen LogP contribution in [0.5, 0.6) is 5.75 Å². The molecule has 0 amide bonds. The Morgan fingerprint density at radius 2 is 1.84 bits per heavy atom. The summed E-state index contributed by atoms with van der Waals surface area (Å²) in [5, 5.41) is 12.3. The van der Waals surface area contributed by atoms with E-state index >= 15 is 0 Å². The maximum Gasteiger partial charge on any atom is 0.149 e. The highest BCUT2D eigenvalue weighted by Gasteiger charge is 2.24. The lowest BCUT2D eigenvalue weighted by Gasteiger charge is -2.16. The van der Waals surface area contributed by atoms with Crippen molar-refractivity contribution in [1.29, 1.82) is 0 Å². The SMILES string of the molecule is Oc1ccc2c(c1)CCC2Nc1c(F)cccc1F. The van der Waals surface area contributed by atoms with E-state index in [1.807, 2.05) is 0 Å². The van der Waals surface area contributed by atoms with Crippen molar-refractivity contribution in [2.45, 2.75) is 18.9 Å². The second-order valence-electron chi connectivity index (χ2n) is 4.72. The first-order valence-corrected chi connectivity index (χ1v) is 6.17. The van der Waals surface area contributed by atoms with E-state index in [9.17, 15) is 13.9 Å². The number of anilines is 1. The molecule has 2 aromatic rings. The van der Waals surface area contributed by atoms with Gasteiger partial charge in [0.15, 0.2) is 0 Å². The van der Waals surface area contributed by atoms with Crippen LogP contribution in [0, 0.1) is 11.6 Å². The zero-order valence-electron chi connectivity index (χ0n) is 10.2. The zero-order valence-corrected chi connectivity index (χ0v) is 10.2. The Kier molecular flexibility index (Phi) is 2.85. The molecule has 1 aliphatic rings. The molecule has 0 aliphatic heterocycles. The standard InChI is InChI=1S/C15H13F2NO/c16-12-2-1-3-13(17)15(12)18-14-7-4-9-8-10(19)5-6-11(9)14/h1-3,5-6,8,14,18-19H,4,7H2. The summed E-state index contributed by atoms with van der Waals surface area (Å²) in [5.41, 5.74) is 1.92. The van der Waals surface area contributed by atoms with Crippen LogP contribution in [0.2, 0.25) is 0 Å². The summed E-state index contributed by atoms with van der Waals surface area (Å²) in [6.45, 7) is 0. The van der Waals surface area contributed by atoms with Gasteiger partial charge in [-0.2, -0.15) is 0 Å². The molecular weight excluding hydrogens is 248 g/mol. The molecule has 2 N–H and O–H groups in total. The van der Waals surface area contributed by atoms with E-state index in [0.29, 0.717) is 0 Å². The summed E-state index contributed by atoms with van der Waals surface area (Å²) in [7, 11) is 0. The van der Waals surface area contributed by atoms with Gasteiger partial charge in [-0.1, -0.05) is 12.1 Å². The fourth-order valence-corrected chi connectivity index (χ4v) is 2.56. The molecular formula is C15H13F2NO. The number of rotatable bonds is 2. The van der Waals surface area contributed by atoms with Crippen molar-refractivity contribution in [1.82, 2.24) is 0 Å². The second kappa shape index (κ2) is 4.53. The maximum absolute atomic E-state index is 13.6. The number of hydrogen-bond acceptors (Lipinski definition) is 2. The molecule has 0 saturated heterocycles. The number of hydrogen-bond donors (Lipinski definition) is 2. The van der Waals surface area contributed by atoms with Crippen molar-refractivity contribution in [2.24, 2.45) is 0 Å². The van der Waals surface area contributed by atoms with Crippen molar-refractivity contribution in [3.05, 3.63) is 59.2 Å². The summed E-state index contributed by atoms with van der Waals surface area (Å²) in [5.74, 6) is -0.962. The number of para-hydroxylation sites is 1. The van der Waals surface area contributed by atoms with Gasteiger partial charge in [0.1, 0.15) is 23.1 Å². The van der Waals surface area contributed by atoms with Gasteiger partial charge < -0.3 is 10.4 Å². The third-order valence-corrected chi connectivity index (χ3v) is 3.49. The van der Waals surface area contributed by atoms with Crippen LogP contribution in [0.25, 0.3) is 0 Å². The third kappa shape index (κ3) is 2.14. The Morgan fingerprint density at radius 3 is 2.58 bits per heavy atom. The highest BCUT2D eigenvalue weighted by molar-refractivity contribution is 5.51. The number of phenols is 1. The molecule has 98 valence electrons. The monoisotopic (exact) mass is 261 g/mol. The Morgan fingerprint density at radius 1 is 1.11 bits per heavy atom. The molecule has 3 rings (SSSR count). The van der Waals surface area contributed by atoms with Crippen LogP contribution < -0.4 is 5.32 Å². The quantitative estimate of drug-likeness (QED) is 0.862. The van der Waals surface area contributed by atoms with Crippen LogP contribution in [0.1, 0.15) is 23.6 Å². The van der Waals surface area contributed by atoms with Crippen molar-refractivity contribution in [3.63, 3.8) is 0 Å². The molecule has 0 bridgehead atoms. The van der Waals surface area contributed by atoms with Crippen LogP contribution in [-0.2, 0) is 6.42 Å². The Balaban J connectivity index is 1.91. The summed E-state index contributed by atoms with van der Waals surface area (Å²) >= 11 is 0. The maximum atomic E-state index is 13.6. The summed E-state index contributed by atoms with van der Waals surface area (Å²) in [4.78, 5) is 0. The number of phenolic OH excluding ortho intramolecular Hbond substituents is 1. The molecule has 0 fully saturated rings. The molecule has 0 saturated carbocycles. The highest BCUT2D eigenvalue weighted by atomic mass is 19.1. The van der Waals surface area contributed by atoms with Gasteiger partial charge in [0.25, 0.3) is 0 Å². The molecule has 19 heavy (non-hydrogen) atoms. The predicted molar refractivity (Wildman–Crippen MR) is 69.1 cm³/mol. The first-order valence-electron chi connectivity index (χ1n) is 6.17. The van der Waals surface area contributed by atoms with Crippen LogP contribution in [0.3, 0.4) is 0 Å². The van der Waals surface area contributed by atoms with Crippen molar-refractivity contribution < 1.29 is 13.9 Å². The predicted octanol–water partition coefficient (Wildman–Crippen LogP) is 3.77. The van der Waals surface area contributed by atoms with Gasteiger partial charge in [0.05, 0.1) is 6.04 Å². The van der Waals surface area contributed by atoms with E-state index in [1.165, 1.54) is 18.2 Å². The number of nitrogens with one attached hydrogen (secondary N) is 1. The highest BCUT2D eigenvalue weighted by Crippen LogP contribution is 2.36. The molecule has 0 aromatic heterocycles. The van der Waals surface area contributed by atoms with Crippen LogP contribution in [0.15, 0.2) is 36.4 Å².